The van der Waals surface area contributed by atoms with Gasteiger partial charge in [0.05, 0.1) is 13.5 Å². The van der Waals surface area contributed by atoms with Crippen molar-refractivity contribution in [3.63, 3.8) is 0 Å². The van der Waals surface area contributed by atoms with Crippen molar-refractivity contribution in [2.45, 2.75) is 29.3 Å². The molecule has 3 heterocycles. The molecule has 43 heavy (non-hydrogen) atoms. The van der Waals surface area contributed by atoms with E-state index in [9.17, 15) is 14.4 Å². The maximum Gasteiger partial charge on any atom is 0.356 e. The second kappa shape index (κ2) is 13.1. The quantitative estimate of drug-likeness (QED) is 0.181. The third-order valence-corrected chi connectivity index (χ3v) is 10.3. The number of β-lactam (4-membered cyclic amide) rings is 1. The Kier molecular flexibility index (Phi) is 8.82. The number of aromatic nitrogens is 1. The van der Waals surface area contributed by atoms with Crippen LogP contribution in [0.1, 0.15) is 11.1 Å². The van der Waals surface area contributed by atoms with Crippen LogP contribution in [-0.4, -0.2) is 51.9 Å². The minimum atomic E-state index is -0.713. The molecule has 1 aromatic heterocycles. The Balaban J connectivity index is 1.21. The fourth-order valence-corrected chi connectivity index (χ4v) is 7.89. The van der Waals surface area contributed by atoms with Gasteiger partial charge in [0.1, 0.15) is 34.5 Å². The number of hydrogen-bond acceptors (Lipinski definition) is 9. The number of amides is 2. The van der Waals surface area contributed by atoms with Crippen LogP contribution in [0.25, 0.3) is 10.6 Å². The second-order valence-electron chi connectivity index (χ2n) is 9.78. The smallest absolute Gasteiger partial charge is 0.356 e. The lowest BCUT2D eigenvalue weighted by Gasteiger charge is -2.49. The van der Waals surface area contributed by atoms with Gasteiger partial charge in [0.25, 0.3) is 5.91 Å². The Morgan fingerprint density at radius 3 is 2.49 bits per heavy atom. The number of carbonyl (C=O) groups is 3. The molecule has 11 heteroatoms. The average Bonchev–Trinajstić information content (AvgIpc) is 3.59. The number of hydrogen-bond donors (Lipinski definition) is 1. The number of methoxy groups -OCH3 is 1. The van der Waals surface area contributed by atoms with Crippen molar-refractivity contribution in [1.29, 1.82) is 0 Å². The molecular weight excluding hydrogens is 603 g/mol. The van der Waals surface area contributed by atoms with Crippen molar-refractivity contribution >= 4 is 52.6 Å². The predicted octanol–water partition coefficient (Wildman–Crippen LogP) is 5.51. The Morgan fingerprint density at radius 1 is 1.02 bits per heavy atom. The highest BCUT2D eigenvalue weighted by atomic mass is 32.2. The van der Waals surface area contributed by atoms with Crippen LogP contribution >= 0.6 is 34.9 Å². The molecule has 1 N–H and O–H groups in total. The minimum Gasteiger partial charge on any atom is -0.497 e. The van der Waals surface area contributed by atoms with E-state index in [1.807, 2.05) is 72.1 Å². The molecule has 218 valence electrons. The van der Waals surface area contributed by atoms with Gasteiger partial charge in [0.15, 0.2) is 0 Å². The summed E-state index contributed by atoms with van der Waals surface area (Å²) >= 11 is 4.53. The van der Waals surface area contributed by atoms with Crippen molar-refractivity contribution in [2.24, 2.45) is 0 Å². The number of thioether (sulfide) groups is 2. The van der Waals surface area contributed by atoms with Crippen molar-refractivity contribution in [2.75, 3.05) is 12.9 Å². The SMILES string of the molecule is COc1ccc(COC(=O)C2=C(Sc3ccc(-c4nccs4)cc3)CS[C@H]3[C@H](NC(=O)Cc4ccccc4)C(=O)N23)cc1. The third kappa shape index (κ3) is 6.48. The maximum absolute atomic E-state index is 13.6. The minimum absolute atomic E-state index is 0.0455. The van der Waals surface area contributed by atoms with Gasteiger partial charge in [-0.15, -0.1) is 23.1 Å². The molecule has 2 atom stereocenters. The number of thiazole rings is 1. The third-order valence-electron chi connectivity index (χ3n) is 6.95. The highest BCUT2D eigenvalue weighted by Crippen LogP contribution is 2.45. The number of nitrogens with zero attached hydrogens (tertiary/aromatic N) is 2. The van der Waals surface area contributed by atoms with Gasteiger partial charge in [0, 0.05) is 32.7 Å². The second-order valence-corrected chi connectivity index (χ2v) is 12.9. The van der Waals surface area contributed by atoms with Crippen LogP contribution in [-0.2, 0) is 32.1 Å². The van der Waals surface area contributed by atoms with E-state index >= 15 is 0 Å². The van der Waals surface area contributed by atoms with Gasteiger partial charge in [-0.3, -0.25) is 14.5 Å². The normalized spacial score (nSPS) is 17.6. The van der Waals surface area contributed by atoms with Gasteiger partial charge in [-0.05, 0) is 35.4 Å². The van der Waals surface area contributed by atoms with Crippen LogP contribution in [0.4, 0.5) is 0 Å². The zero-order valence-corrected chi connectivity index (χ0v) is 25.5. The van der Waals surface area contributed by atoms with E-state index in [4.69, 9.17) is 9.47 Å². The van der Waals surface area contributed by atoms with Crippen LogP contribution in [0.3, 0.4) is 0 Å². The summed E-state index contributed by atoms with van der Waals surface area (Å²) in [5.41, 5.74) is 2.90. The molecule has 1 saturated heterocycles. The van der Waals surface area contributed by atoms with Crippen molar-refractivity contribution in [1.82, 2.24) is 15.2 Å². The number of esters is 1. The summed E-state index contributed by atoms with van der Waals surface area (Å²) in [6, 6.07) is 23.9. The standard InChI is InChI=1S/C32H27N3O5S3/c1-39-23-11-7-21(8-12-23)18-40-32(38)28-25(43-24-13-9-22(10-14-24)29-33-15-16-41-29)19-42-31-27(30(37)35(28)31)34-26(36)17-20-5-3-2-4-6-20/h2-16,27,31H,17-19H2,1H3,(H,34,36)/t27-,31+/m1/s1. The molecule has 2 aliphatic rings. The Morgan fingerprint density at radius 2 is 1.79 bits per heavy atom. The number of carbonyl (C=O) groups excluding carboxylic acids is 3. The summed E-state index contributed by atoms with van der Waals surface area (Å²) in [6.07, 6.45) is 1.95. The van der Waals surface area contributed by atoms with Gasteiger partial charge in [0.2, 0.25) is 5.91 Å². The first-order chi connectivity index (χ1) is 21.0. The highest BCUT2D eigenvalue weighted by molar-refractivity contribution is 8.06. The number of rotatable bonds is 10. The molecule has 0 spiro atoms. The van der Waals surface area contributed by atoms with Crippen LogP contribution in [0, 0.1) is 0 Å². The Bertz CT molecular complexity index is 1640. The molecule has 1 fully saturated rings. The van der Waals surface area contributed by atoms with Gasteiger partial charge in [-0.1, -0.05) is 66.4 Å². The van der Waals surface area contributed by atoms with E-state index in [0.29, 0.717) is 11.5 Å². The average molecular weight is 630 g/mol. The maximum atomic E-state index is 13.6. The monoisotopic (exact) mass is 629 g/mol. The summed E-state index contributed by atoms with van der Waals surface area (Å²) in [7, 11) is 1.59. The molecule has 0 aliphatic carbocycles. The summed E-state index contributed by atoms with van der Waals surface area (Å²) in [5.74, 6) is 0.0531. The van der Waals surface area contributed by atoms with E-state index in [-0.39, 0.29) is 30.5 Å². The first-order valence-electron chi connectivity index (χ1n) is 13.5. The summed E-state index contributed by atoms with van der Waals surface area (Å²) in [5, 5.41) is 5.35. The number of benzene rings is 3. The zero-order valence-electron chi connectivity index (χ0n) is 23.1. The van der Waals surface area contributed by atoms with Crippen molar-refractivity contribution in [3.8, 4) is 16.3 Å². The number of nitrogens with one attached hydrogen (secondary N) is 1. The first kappa shape index (κ1) is 29.0. The first-order valence-corrected chi connectivity index (χ1v) is 16.2. The summed E-state index contributed by atoms with van der Waals surface area (Å²) < 4.78 is 10.9. The molecule has 6 rings (SSSR count). The molecule has 0 saturated carbocycles. The lowest BCUT2D eigenvalue weighted by Crippen LogP contribution is -2.70. The fourth-order valence-electron chi connectivity index (χ4n) is 4.78. The molecule has 2 amide bonds. The van der Waals surface area contributed by atoms with Gasteiger partial charge in [-0.2, -0.15) is 0 Å². The zero-order chi connectivity index (χ0) is 29.8. The topological polar surface area (TPSA) is 97.8 Å². The molecule has 4 aromatic rings. The Labute approximate surface area is 261 Å². The van der Waals surface area contributed by atoms with Gasteiger partial charge in [-0.25, -0.2) is 9.78 Å². The summed E-state index contributed by atoms with van der Waals surface area (Å²) in [6.45, 7) is 0.0455. The molecule has 0 bridgehead atoms. The lowest BCUT2D eigenvalue weighted by molar-refractivity contribution is -0.153. The number of ether oxygens (including phenoxy) is 2. The van der Waals surface area contributed by atoms with Crippen molar-refractivity contribution < 1.29 is 23.9 Å². The Hall–Kier alpha value is -4.06. The van der Waals surface area contributed by atoms with Crippen LogP contribution in [0.2, 0.25) is 0 Å². The fraction of sp³-hybridized carbons (Fsp3) is 0.188. The van der Waals surface area contributed by atoms with Crippen LogP contribution in [0.5, 0.6) is 5.75 Å². The molecule has 3 aromatic carbocycles. The largest absolute Gasteiger partial charge is 0.497 e. The predicted molar refractivity (Wildman–Crippen MR) is 168 cm³/mol. The van der Waals surface area contributed by atoms with E-state index in [2.05, 4.69) is 10.3 Å². The molecule has 8 nitrogen and oxygen atoms in total. The molecule has 0 radical (unpaired) electrons. The van der Waals surface area contributed by atoms with E-state index in [1.165, 1.54) is 28.4 Å². The van der Waals surface area contributed by atoms with E-state index in [0.717, 1.165) is 31.5 Å². The van der Waals surface area contributed by atoms with Crippen LogP contribution in [0.15, 0.2) is 106 Å². The highest BCUT2D eigenvalue weighted by Gasteiger charge is 2.54. The van der Waals surface area contributed by atoms with Crippen LogP contribution < -0.4 is 10.1 Å². The van der Waals surface area contributed by atoms with E-state index in [1.54, 1.807) is 36.8 Å². The molecule has 0 unspecified atom stereocenters. The van der Waals surface area contributed by atoms with Crippen molar-refractivity contribution in [3.05, 3.63) is 112 Å². The lowest BCUT2D eigenvalue weighted by atomic mass is 10.0. The van der Waals surface area contributed by atoms with Gasteiger partial charge < -0.3 is 14.8 Å². The van der Waals surface area contributed by atoms with E-state index < -0.39 is 17.4 Å². The molecule has 2 aliphatic heterocycles. The number of fused-ring (bicyclic) bond motifs is 1. The molecular formula is C32H27N3O5S3. The summed E-state index contributed by atoms with van der Waals surface area (Å²) in [4.78, 5) is 47.3. The van der Waals surface area contributed by atoms with Gasteiger partial charge >= 0.3 is 5.97 Å².